The van der Waals surface area contributed by atoms with Crippen LogP contribution >= 0.6 is 11.6 Å². The highest BCUT2D eigenvalue weighted by molar-refractivity contribution is 6.32. The van der Waals surface area contributed by atoms with Gasteiger partial charge in [0.05, 0.1) is 5.02 Å². The highest BCUT2D eigenvalue weighted by atomic mass is 35.5. The lowest BCUT2D eigenvalue weighted by Crippen LogP contribution is -2.46. The van der Waals surface area contributed by atoms with Crippen LogP contribution in [-0.4, -0.2) is 31.8 Å². The Labute approximate surface area is 148 Å². The fourth-order valence-electron chi connectivity index (χ4n) is 3.38. The van der Waals surface area contributed by atoms with Crippen LogP contribution in [0.25, 0.3) is 0 Å². The Hall–Kier alpha value is -1.62. The second-order valence-corrected chi connectivity index (χ2v) is 7.03. The molecule has 1 saturated carbocycles. The topological polar surface area (TPSA) is 59.6 Å². The van der Waals surface area contributed by atoms with E-state index in [0.717, 1.165) is 12.0 Å². The van der Waals surface area contributed by atoms with Gasteiger partial charge in [-0.2, -0.15) is 0 Å². The van der Waals surface area contributed by atoms with E-state index < -0.39 is 0 Å². The zero-order valence-electron chi connectivity index (χ0n) is 14.1. The molecule has 24 heavy (non-hydrogen) atoms. The number of amides is 2. The maximum atomic E-state index is 12.1. The molecular formula is C18H25ClN2O3. The third-order valence-corrected chi connectivity index (χ3v) is 5.06. The fourth-order valence-corrected chi connectivity index (χ4v) is 3.67. The van der Waals surface area contributed by atoms with Crippen LogP contribution in [0.5, 0.6) is 11.5 Å². The number of nitrogens with one attached hydrogen (secondary N) is 2. The van der Waals surface area contributed by atoms with Crippen molar-refractivity contribution in [2.24, 2.45) is 5.92 Å². The molecule has 0 unspecified atom stereocenters. The molecule has 1 heterocycles. The Bertz CT molecular complexity index is 594. The zero-order valence-corrected chi connectivity index (χ0v) is 14.8. The summed E-state index contributed by atoms with van der Waals surface area (Å²) in [5, 5.41) is 6.59. The molecule has 0 saturated heterocycles. The number of benzene rings is 1. The molecule has 2 atom stereocenters. The molecule has 0 radical (unpaired) electrons. The number of rotatable bonds is 4. The van der Waals surface area contributed by atoms with Gasteiger partial charge < -0.3 is 20.1 Å². The van der Waals surface area contributed by atoms with Crippen molar-refractivity contribution >= 4 is 17.6 Å². The molecule has 1 fully saturated rings. The minimum atomic E-state index is -0.0857. The van der Waals surface area contributed by atoms with Crippen molar-refractivity contribution in [3.8, 4) is 11.5 Å². The van der Waals surface area contributed by atoms with E-state index in [1.807, 2.05) is 12.1 Å². The van der Waals surface area contributed by atoms with Crippen molar-refractivity contribution in [3.63, 3.8) is 0 Å². The molecule has 1 aliphatic carbocycles. The van der Waals surface area contributed by atoms with Crippen LogP contribution in [-0.2, 0) is 6.42 Å². The molecular weight excluding hydrogens is 328 g/mol. The Morgan fingerprint density at radius 2 is 2.04 bits per heavy atom. The molecule has 0 spiro atoms. The van der Waals surface area contributed by atoms with E-state index in [0.29, 0.717) is 54.7 Å². The second-order valence-electron chi connectivity index (χ2n) is 6.62. The monoisotopic (exact) mass is 352 g/mol. The number of carbonyl (C=O) groups is 1. The van der Waals surface area contributed by atoms with Gasteiger partial charge in [0.1, 0.15) is 13.2 Å². The van der Waals surface area contributed by atoms with E-state index in [9.17, 15) is 4.79 Å². The van der Waals surface area contributed by atoms with Crippen LogP contribution in [0.1, 0.15) is 38.2 Å². The molecule has 6 heteroatoms. The number of fused-ring (bicyclic) bond motifs is 1. The molecule has 2 amide bonds. The molecule has 1 aromatic rings. The third kappa shape index (κ3) is 4.26. The minimum Gasteiger partial charge on any atom is -0.486 e. The van der Waals surface area contributed by atoms with Crippen LogP contribution in [0.2, 0.25) is 5.02 Å². The fraction of sp³-hybridized carbons (Fsp3) is 0.611. The summed E-state index contributed by atoms with van der Waals surface area (Å²) in [4.78, 5) is 12.1. The lowest BCUT2D eigenvalue weighted by atomic mass is 9.86. The third-order valence-electron chi connectivity index (χ3n) is 4.78. The summed E-state index contributed by atoms with van der Waals surface area (Å²) in [6.07, 6.45) is 5.44. The van der Waals surface area contributed by atoms with E-state index >= 15 is 0 Å². The normalized spacial score (nSPS) is 22.8. The van der Waals surface area contributed by atoms with E-state index in [-0.39, 0.29) is 6.03 Å². The summed E-state index contributed by atoms with van der Waals surface area (Å²) < 4.78 is 11.1. The Morgan fingerprint density at radius 1 is 1.25 bits per heavy atom. The minimum absolute atomic E-state index is 0.0857. The summed E-state index contributed by atoms with van der Waals surface area (Å²) >= 11 is 6.23. The van der Waals surface area contributed by atoms with E-state index in [4.69, 9.17) is 21.1 Å². The van der Waals surface area contributed by atoms with Crippen molar-refractivity contribution in [1.29, 1.82) is 0 Å². The van der Waals surface area contributed by atoms with Crippen molar-refractivity contribution in [3.05, 3.63) is 22.7 Å². The van der Waals surface area contributed by atoms with Crippen LogP contribution in [0.4, 0.5) is 4.79 Å². The number of ether oxygens (including phenoxy) is 2. The zero-order chi connectivity index (χ0) is 16.9. The van der Waals surface area contributed by atoms with Gasteiger partial charge in [-0.1, -0.05) is 31.4 Å². The van der Waals surface area contributed by atoms with Gasteiger partial charge in [0.15, 0.2) is 11.5 Å². The Kier molecular flexibility index (Phi) is 5.72. The molecule has 0 aromatic heterocycles. The predicted octanol–water partition coefficient (Wildman–Crippen LogP) is 3.53. The first-order valence-corrected chi connectivity index (χ1v) is 9.13. The second kappa shape index (κ2) is 7.97. The first kappa shape index (κ1) is 17.2. The summed E-state index contributed by atoms with van der Waals surface area (Å²) in [6, 6.07) is 4.01. The van der Waals surface area contributed by atoms with Crippen molar-refractivity contribution in [2.75, 3.05) is 19.8 Å². The van der Waals surface area contributed by atoms with Gasteiger partial charge in [-0.15, -0.1) is 0 Å². The van der Waals surface area contributed by atoms with Crippen LogP contribution in [0.3, 0.4) is 0 Å². The number of hydrogen-bond donors (Lipinski definition) is 2. The SMILES string of the molecule is C[C@H]1CCCC[C@H]1NC(=O)NCCc1cc(Cl)c2c(c1)OCCO2. The van der Waals surface area contributed by atoms with Crippen molar-refractivity contribution in [2.45, 2.75) is 45.1 Å². The average molecular weight is 353 g/mol. The van der Waals surface area contributed by atoms with E-state index in [1.165, 1.54) is 19.3 Å². The van der Waals surface area contributed by atoms with Crippen LogP contribution < -0.4 is 20.1 Å². The molecule has 0 bridgehead atoms. The smallest absolute Gasteiger partial charge is 0.315 e. The van der Waals surface area contributed by atoms with Gasteiger partial charge in [0.2, 0.25) is 0 Å². The molecule has 1 aliphatic heterocycles. The first-order valence-electron chi connectivity index (χ1n) is 8.76. The van der Waals surface area contributed by atoms with Crippen LogP contribution in [0.15, 0.2) is 12.1 Å². The quantitative estimate of drug-likeness (QED) is 0.871. The van der Waals surface area contributed by atoms with Crippen LogP contribution in [0, 0.1) is 5.92 Å². The number of halogens is 1. The Balaban J connectivity index is 1.47. The maximum Gasteiger partial charge on any atom is 0.315 e. The summed E-state index contributed by atoms with van der Waals surface area (Å²) in [7, 11) is 0. The van der Waals surface area contributed by atoms with Gasteiger partial charge in [0, 0.05) is 12.6 Å². The van der Waals surface area contributed by atoms with Gasteiger partial charge in [-0.3, -0.25) is 0 Å². The average Bonchev–Trinajstić information content (AvgIpc) is 2.57. The predicted molar refractivity (Wildman–Crippen MR) is 94.1 cm³/mol. The number of urea groups is 1. The molecule has 3 rings (SSSR count). The molecule has 5 nitrogen and oxygen atoms in total. The van der Waals surface area contributed by atoms with Crippen molar-refractivity contribution < 1.29 is 14.3 Å². The van der Waals surface area contributed by atoms with Gasteiger partial charge in [-0.25, -0.2) is 4.79 Å². The molecule has 2 aliphatic rings. The Morgan fingerprint density at radius 3 is 2.88 bits per heavy atom. The summed E-state index contributed by atoms with van der Waals surface area (Å²) in [5.74, 6) is 1.86. The van der Waals surface area contributed by atoms with E-state index in [2.05, 4.69) is 17.6 Å². The van der Waals surface area contributed by atoms with Crippen molar-refractivity contribution in [1.82, 2.24) is 10.6 Å². The lowest BCUT2D eigenvalue weighted by Gasteiger charge is -2.29. The highest BCUT2D eigenvalue weighted by Gasteiger charge is 2.22. The lowest BCUT2D eigenvalue weighted by molar-refractivity contribution is 0.171. The molecule has 1 aromatic carbocycles. The standard InChI is InChI=1S/C18H25ClN2O3/c1-12-4-2-3-5-15(12)21-18(22)20-7-6-13-10-14(19)17-16(11-13)23-8-9-24-17/h10-12,15H,2-9H2,1H3,(H2,20,21,22)/t12-,15+/m0/s1. The molecule has 2 N–H and O–H groups in total. The first-order chi connectivity index (χ1) is 11.6. The highest BCUT2D eigenvalue weighted by Crippen LogP contribution is 2.38. The summed E-state index contributed by atoms with van der Waals surface area (Å²) in [6.45, 7) is 3.82. The maximum absolute atomic E-state index is 12.1. The number of carbonyl (C=O) groups excluding carboxylic acids is 1. The largest absolute Gasteiger partial charge is 0.486 e. The molecule has 132 valence electrons. The summed E-state index contributed by atoms with van der Waals surface area (Å²) in [5.41, 5.74) is 1.02. The number of hydrogen-bond acceptors (Lipinski definition) is 3. The van der Waals surface area contributed by atoms with Gasteiger partial charge >= 0.3 is 6.03 Å². The van der Waals surface area contributed by atoms with Gasteiger partial charge in [-0.05, 0) is 42.9 Å². The van der Waals surface area contributed by atoms with E-state index in [1.54, 1.807) is 0 Å². The van der Waals surface area contributed by atoms with Gasteiger partial charge in [0.25, 0.3) is 0 Å².